The number of likely N-dealkylation sites (tertiary alicyclic amines) is 1. The Kier molecular flexibility index (Phi) is 5.29. The topological polar surface area (TPSA) is 70.1 Å². The van der Waals surface area contributed by atoms with Crippen molar-refractivity contribution in [2.75, 3.05) is 31.1 Å². The molecule has 2 aliphatic heterocycles. The highest BCUT2D eigenvalue weighted by atomic mass is 16.1. The van der Waals surface area contributed by atoms with Crippen molar-refractivity contribution < 1.29 is 0 Å². The molecule has 0 aliphatic carbocycles. The summed E-state index contributed by atoms with van der Waals surface area (Å²) in [5, 5.41) is 4.35. The van der Waals surface area contributed by atoms with E-state index in [-0.39, 0.29) is 5.56 Å². The molecule has 0 bridgehead atoms. The van der Waals surface area contributed by atoms with Crippen LogP contribution in [0.3, 0.4) is 0 Å². The highest BCUT2D eigenvalue weighted by Crippen LogP contribution is 2.28. The third-order valence-electron chi connectivity index (χ3n) is 6.14. The molecule has 7 heteroatoms. The molecule has 2 aromatic heterocycles. The van der Waals surface area contributed by atoms with Gasteiger partial charge in [0, 0.05) is 49.9 Å². The normalized spacial score (nSPS) is 19.6. The first-order chi connectivity index (χ1) is 13.1. The summed E-state index contributed by atoms with van der Waals surface area (Å²) >= 11 is 0. The quantitative estimate of drug-likeness (QED) is 0.893. The van der Waals surface area contributed by atoms with Crippen LogP contribution in [0.15, 0.2) is 17.1 Å². The van der Waals surface area contributed by atoms with Gasteiger partial charge in [0.15, 0.2) is 0 Å². The second-order valence-corrected chi connectivity index (χ2v) is 7.97. The van der Waals surface area contributed by atoms with Gasteiger partial charge in [-0.05, 0) is 52.1 Å². The number of aromatic amines is 1. The van der Waals surface area contributed by atoms with Crippen molar-refractivity contribution in [3.63, 3.8) is 0 Å². The lowest BCUT2D eigenvalue weighted by atomic mass is 9.93. The fourth-order valence-electron chi connectivity index (χ4n) is 4.25. The van der Waals surface area contributed by atoms with Gasteiger partial charge in [-0.15, -0.1) is 0 Å². The molecule has 4 rings (SSSR count). The van der Waals surface area contributed by atoms with Crippen molar-refractivity contribution in [1.29, 1.82) is 0 Å². The average Bonchev–Trinajstić information content (AvgIpc) is 3.01. The second kappa shape index (κ2) is 7.84. The second-order valence-electron chi connectivity index (χ2n) is 7.97. The largest absolute Gasteiger partial charge is 0.342 e. The number of piperidine rings is 2. The molecule has 27 heavy (non-hydrogen) atoms. The number of hydrogen-bond acceptors (Lipinski definition) is 5. The molecule has 2 aromatic rings. The number of aromatic nitrogens is 4. The monoisotopic (exact) mass is 370 g/mol. The molecule has 0 atom stereocenters. The number of rotatable bonds is 4. The van der Waals surface area contributed by atoms with Crippen LogP contribution in [-0.4, -0.2) is 50.8 Å². The van der Waals surface area contributed by atoms with Gasteiger partial charge in [0.05, 0.1) is 11.9 Å². The maximum Gasteiger partial charge on any atom is 0.252 e. The molecule has 0 aromatic carbocycles. The lowest BCUT2D eigenvalue weighted by Gasteiger charge is -2.32. The Morgan fingerprint density at radius 1 is 1.15 bits per heavy atom. The standard InChI is InChI=1S/C20H30N6O/c1-15-17(13-21-24(15)2)14-25-10-6-16(7-11-25)18-12-19(27)23-20(22-18)26-8-4-3-5-9-26/h12-13,16H,3-11,14H2,1-2H3,(H,22,23,27). The third kappa shape index (κ3) is 4.08. The van der Waals surface area contributed by atoms with Gasteiger partial charge in [0.2, 0.25) is 5.95 Å². The van der Waals surface area contributed by atoms with Crippen LogP contribution in [0, 0.1) is 6.92 Å². The molecule has 0 amide bonds. The molecule has 146 valence electrons. The van der Waals surface area contributed by atoms with Crippen molar-refractivity contribution >= 4 is 5.95 Å². The van der Waals surface area contributed by atoms with E-state index in [4.69, 9.17) is 4.98 Å². The van der Waals surface area contributed by atoms with E-state index >= 15 is 0 Å². The van der Waals surface area contributed by atoms with Crippen molar-refractivity contribution in [3.05, 3.63) is 39.6 Å². The Hall–Kier alpha value is -2.15. The van der Waals surface area contributed by atoms with E-state index in [0.29, 0.717) is 5.92 Å². The lowest BCUT2D eigenvalue weighted by Crippen LogP contribution is -2.35. The van der Waals surface area contributed by atoms with Gasteiger partial charge in [-0.1, -0.05) is 0 Å². The van der Waals surface area contributed by atoms with E-state index in [1.807, 2.05) is 17.9 Å². The fourth-order valence-corrected chi connectivity index (χ4v) is 4.25. The maximum atomic E-state index is 12.2. The fraction of sp³-hybridized carbons (Fsp3) is 0.650. The molecular weight excluding hydrogens is 340 g/mol. The molecule has 2 aliphatic rings. The summed E-state index contributed by atoms with van der Waals surface area (Å²) in [5.41, 5.74) is 3.49. The molecule has 2 saturated heterocycles. The van der Waals surface area contributed by atoms with Crippen LogP contribution in [-0.2, 0) is 13.6 Å². The first-order valence-corrected chi connectivity index (χ1v) is 10.2. The Labute approximate surface area is 160 Å². The van der Waals surface area contributed by atoms with E-state index in [2.05, 4.69) is 26.8 Å². The van der Waals surface area contributed by atoms with Crippen molar-refractivity contribution in [1.82, 2.24) is 24.6 Å². The number of anilines is 1. The minimum atomic E-state index is -0.0195. The Morgan fingerprint density at radius 3 is 2.56 bits per heavy atom. The first-order valence-electron chi connectivity index (χ1n) is 10.2. The van der Waals surface area contributed by atoms with Crippen LogP contribution in [0.25, 0.3) is 0 Å². The third-order valence-corrected chi connectivity index (χ3v) is 6.14. The molecule has 2 fully saturated rings. The summed E-state index contributed by atoms with van der Waals surface area (Å²) in [6, 6.07) is 1.71. The summed E-state index contributed by atoms with van der Waals surface area (Å²) < 4.78 is 1.93. The van der Waals surface area contributed by atoms with Crippen molar-refractivity contribution in [3.8, 4) is 0 Å². The minimum absolute atomic E-state index is 0.0195. The Morgan fingerprint density at radius 2 is 1.89 bits per heavy atom. The van der Waals surface area contributed by atoms with E-state index in [1.54, 1.807) is 6.07 Å². The van der Waals surface area contributed by atoms with Crippen LogP contribution >= 0.6 is 0 Å². The zero-order valence-corrected chi connectivity index (χ0v) is 16.4. The predicted octanol–water partition coefficient (Wildman–Crippen LogP) is 2.18. The van der Waals surface area contributed by atoms with Crippen LogP contribution in [0.2, 0.25) is 0 Å². The van der Waals surface area contributed by atoms with Crippen LogP contribution in [0.1, 0.15) is 55.0 Å². The lowest BCUT2D eigenvalue weighted by molar-refractivity contribution is 0.203. The van der Waals surface area contributed by atoms with Gasteiger partial charge >= 0.3 is 0 Å². The van der Waals surface area contributed by atoms with Gasteiger partial charge in [-0.2, -0.15) is 5.10 Å². The molecule has 0 unspecified atom stereocenters. The molecule has 0 saturated carbocycles. The number of H-pyrrole nitrogens is 1. The smallest absolute Gasteiger partial charge is 0.252 e. The van der Waals surface area contributed by atoms with E-state index in [0.717, 1.165) is 57.2 Å². The Balaban J connectivity index is 1.41. The molecule has 0 spiro atoms. The van der Waals surface area contributed by atoms with Gasteiger partial charge in [0.25, 0.3) is 5.56 Å². The van der Waals surface area contributed by atoms with Gasteiger partial charge in [0.1, 0.15) is 0 Å². The van der Waals surface area contributed by atoms with Crippen LogP contribution in [0.4, 0.5) is 5.95 Å². The minimum Gasteiger partial charge on any atom is -0.342 e. The number of nitrogens with zero attached hydrogens (tertiary/aromatic N) is 5. The number of hydrogen-bond donors (Lipinski definition) is 1. The van der Waals surface area contributed by atoms with Crippen LogP contribution in [0.5, 0.6) is 0 Å². The molecule has 0 radical (unpaired) electrons. The summed E-state index contributed by atoms with van der Waals surface area (Å²) in [4.78, 5) is 24.7. The van der Waals surface area contributed by atoms with Gasteiger partial charge in [-0.25, -0.2) is 4.98 Å². The van der Waals surface area contributed by atoms with Crippen molar-refractivity contribution in [2.45, 2.75) is 51.5 Å². The summed E-state index contributed by atoms with van der Waals surface area (Å²) in [7, 11) is 1.99. The number of aryl methyl sites for hydroxylation is 1. The molecule has 1 N–H and O–H groups in total. The predicted molar refractivity (Wildman–Crippen MR) is 106 cm³/mol. The summed E-state index contributed by atoms with van der Waals surface area (Å²) in [6.45, 7) is 7.13. The molecule has 4 heterocycles. The summed E-state index contributed by atoms with van der Waals surface area (Å²) in [5.74, 6) is 1.15. The zero-order valence-electron chi connectivity index (χ0n) is 16.4. The van der Waals surface area contributed by atoms with E-state index in [1.165, 1.54) is 30.5 Å². The van der Waals surface area contributed by atoms with Crippen LogP contribution < -0.4 is 10.5 Å². The molecule has 7 nitrogen and oxygen atoms in total. The average molecular weight is 371 g/mol. The highest BCUT2D eigenvalue weighted by molar-refractivity contribution is 5.31. The number of nitrogens with one attached hydrogen (secondary N) is 1. The van der Waals surface area contributed by atoms with E-state index in [9.17, 15) is 4.79 Å². The van der Waals surface area contributed by atoms with Gasteiger partial charge < -0.3 is 4.90 Å². The van der Waals surface area contributed by atoms with E-state index < -0.39 is 0 Å². The SMILES string of the molecule is Cc1c(CN2CCC(c3cc(=O)[nH]c(N4CCCCC4)n3)CC2)cnn1C. The highest BCUT2D eigenvalue weighted by Gasteiger charge is 2.24. The Bertz CT molecular complexity index is 827. The summed E-state index contributed by atoms with van der Waals surface area (Å²) in [6.07, 6.45) is 7.71. The van der Waals surface area contributed by atoms with Gasteiger partial charge in [-0.3, -0.25) is 19.4 Å². The maximum absolute atomic E-state index is 12.2. The zero-order chi connectivity index (χ0) is 18.8. The molecular formula is C20H30N6O. The first kappa shape index (κ1) is 18.2. The van der Waals surface area contributed by atoms with Crippen molar-refractivity contribution in [2.24, 2.45) is 7.05 Å².